The third-order valence-corrected chi connectivity index (χ3v) is 4.14. The minimum absolute atomic E-state index is 0.118. The van der Waals surface area contributed by atoms with E-state index < -0.39 is 11.2 Å². The lowest BCUT2D eigenvalue weighted by Gasteiger charge is -2.17. The molecule has 7 heteroatoms. The zero-order valence-electron chi connectivity index (χ0n) is 15.3. The molecule has 0 aliphatic heterocycles. The Bertz CT molecular complexity index is 657. The number of H-pyrrole nitrogens is 1. The van der Waals surface area contributed by atoms with Gasteiger partial charge in [0.1, 0.15) is 5.56 Å². The zero-order chi connectivity index (χ0) is 18.1. The van der Waals surface area contributed by atoms with Gasteiger partial charge in [0.15, 0.2) is 0 Å². The van der Waals surface area contributed by atoms with E-state index in [9.17, 15) is 14.7 Å². The van der Waals surface area contributed by atoms with E-state index in [0.29, 0.717) is 25.2 Å². The fraction of sp³-hybridized carbons (Fsp3) is 0.706. The van der Waals surface area contributed by atoms with Gasteiger partial charge in [-0.15, -0.1) is 0 Å². The van der Waals surface area contributed by atoms with Gasteiger partial charge in [0.05, 0.1) is 12.3 Å². The number of hydrogen-bond acceptors (Lipinski definition) is 5. The Morgan fingerprint density at radius 2 is 1.88 bits per heavy atom. The molecule has 0 saturated carbocycles. The fourth-order valence-corrected chi connectivity index (χ4v) is 2.58. The summed E-state index contributed by atoms with van der Waals surface area (Å²) in [7, 11) is 0. The summed E-state index contributed by atoms with van der Waals surface area (Å²) < 4.78 is 1.22. The van der Waals surface area contributed by atoms with Crippen LogP contribution in [0.25, 0.3) is 0 Å². The first-order chi connectivity index (χ1) is 11.5. The number of aromatic nitrogens is 2. The summed E-state index contributed by atoms with van der Waals surface area (Å²) in [5, 5.41) is 10.4. The van der Waals surface area contributed by atoms with Crippen molar-refractivity contribution in [2.75, 3.05) is 26.2 Å². The number of aromatic hydroxyl groups is 1. The van der Waals surface area contributed by atoms with E-state index >= 15 is 0 Å². The van der Waals surface area contributed by atoms with E-state index in [1.807, 2.05) is 13.8 Å². The fourth-order valence-electron chi connectivity index (χ4n) is 2.58. The molecule has 0 saturated heterocycles. The number of rotatable bonds is 10. The van der Waals surface area contributed by atoms with Crippen molar-refractivity contribution in [3.63, 3.8) is 0 Å². The SMILES string of the molecule is CCCCn1c(O)c(C(CC)=NCCN(CC)CC)c(=O)[nH]c1=O. The van der Waals surface area contributed by atoms with E-state index in [0.717, 1.165) is 32.5 Å². The summed E-state index contributed by atoms with van der Waals surface area (Å²) in [6, 6.07) is 0. The Morgan fingerprint density at radius 3 is 2.42 bits per heavy atom. The molecule has 0 bridgehead atoms. The second-order valence-electron chi connectivity index (χ2n) is 5.67. The van der Waals surface area contributed by atoms with Gasteiger partial charge in [0.2, 0.25) is 5.88 Å². The molecule has 136 valence electrons. The number of hydrogen-bond donors (Lipinski definition) is 2. The molecule has 24 heavy (non-hydrogen) atoms. The largest absolute Gasteiger partial charge is 0.494 e. The molecular formula is C17H30N4O3. The number of likely N-dealkylation sites (N-methyl/N-ethyl adjacent to an activating group) is 1. The minimum Gasteiger partial charge on any atom is -0.494 e. The number of aromatic amines is 1. The average Bonchev–Trinajstić information content (AvgIpc) is 2.56. The van der Waals surface area contributed by atoms with Gasteiger partial charge in [0, 0.05) is 13.1 Å². The molecule has 0 amide bonds. The molecule has 0 aromatic carbocycles. The molecule has 0 aliphatic carbocycles. The lowest BCUT2D eigenvalue weighted by molar-refractivity contribution is 0.313. The Labute approximate surface area is 143 Å². The van der Waals surface area contributed by atoms with Crippen molar-refractivity contribution in [3.8, 4) is 5.88 Å². The van der Waals surface area contributed by atoms with Crippen LogP contribution < -0.4 is 11.2 Å². The average molecular weight is 338 g/mol. The highest BCUT2D eigenvalue weighted by molar-refractivity contribution is 6.01. The minimum atomic E-state index is -0.576. The van der Waals surface area contributed by atoms with Crippen LogP contribution in [0.3, 0.4) is 0 Å². The maximum absolute atomic E-state index is 12.2. The van der Waals surface area contributed by atoms with Gasteiger partial charge in [-0.2, -0.15) is 0 Å². The summed E-state index contributed by atoms with van der Waals surface area (Å²) in [6.07, 6.45) is 2.15. The van der Waals surface area contributed by atoms with Crippen molar-refractivity contribution in [2.45, 2.75) is 53.5 Å². The van der Waals surface area contributed by atoms with Crippen molar-refractivity contribution in [2.24, 2.45) is 4.99 Å². The predicted octanol–water partition coefficient (Wildman–Crippen LogP) is 1.58. The first kappa shape index (κ1) is 20.2. The molecule has 0 unspecified atom stereocenters. The first-order valence-electron chi connectivity index (χ1n) is 8.82. The van der Waals surface area contributed by atoms with Gasteiger partial charge < -0.3 is 10.0 Å². The topological polar surface area (TPSA) is 90.7 Å². The molecule has 0 atom stereocenters. The van der Waals surface area contributed by atoms with Crippen LogP contribution in [0.2, 0.25) is 0 Å². The van der Waals surface area contributed by atoms with Gasteiger partial charge in [-0.1, -0.05) is 34.1 Å². The second kappa shape index (κ2) is 10.1. The maximum Gasteiger partial charge on any atom is 0.331 e. The Kier molecular flexibility index (Phi) is 8.46. The number of unbranched alkanes of at least 4 members (excludes halogenated alkanes) is 1. The highest BCUT2D eigenvalue weighted by Gasteiger charge is 2.18. The molecule has 2 N–H and O–H groups in total. The Balaban J connectivity index is 3.16. The summed E-state index contributed by atoms with van der Waals surface area (Å²) in [5.74, 6) is -0.277. The van der Waals surface area contributed by atoms with Gasteiger partial charge in [0.25, 0.3) is 5.56 Å². The zero-order valence-corrected chi connectivity index (χ0v) is 15.3. The number of nitrogens with one attached hydrogen (secondary N) is 1. The van der Waals surface area contributed by atoms with Crippen LogP contribution in [0.4, 0.5) is 0 Å². The first-order valence-corrected chi connectivity index (χ1v) is 8.82. The van der Waals surface area contributed by atoms with E-state index in [4.69, 9.17) is 0 Å². The van der Waals surface area contributed by atoms with Crippen molar-refractivity contribution in [1.29, 1.82) is 0 Å². The normalized spacial score (nSPS) is 12.1. The van der Waals surface area contributed by atoms with Crippen LogP contribution in [-0.4, -0.2) is 51.4 Å². The summed E-state index contributed by atoms with van der Waals surface area (Å²) >= 11 is 0. The lowest BCUT2D eigenvalue weighted by Crippen LogP contribution is -2.34. The molecule has 1 aromatic rings. The molecule has 0 radical (unpaired) electrons. The summed E-state index contributed by atoms with van der Waals surface area (Å²) in [5.41, 5.74) is -0.499. The van der Waals surface area contributed by atoms with Crippen molar-refractivity contribution in [3.05, 3.63) is 26.4 Å². The van der Waals surface area contributed by atoms with Crippen LogP contribution in [-0.2, 0) is 6.54 Å². The Hall–Kier alpha value is -1.89. The quantitative estimate of drug-likeness (QED) is 0.634. The number of nitrogens with zero attached hydrogens (tertiary/aromatic N) is 3. The second-order valence-corrected chi connectivity index (χ2v) is 5.67. The molecule has 1 heterocycles. The van der Waals surface area contributed by atoms with Crippen LogP contribution in [0.5, 0.6) is 5.88 Å². The van der Waals surface area contributed by atoms with Crippen molar-refractivity contribution >= 4 is 5.71 Å². The van der Waals surface area contributed by atoms with Crippen LogP contribution in [0, 0.1) is 0 Å². The van der Waals surface area contributed by atoms with Gasteiger partial charge in [-0.3, -0.25) is 19.3 Å². The molecule has 0 aliphatic rings. The van der Waals surface area contributed by atoms with Crippen molar-refractivity contribution in [1.82, 2.24) is 14.5 Å². The molecule has 1 rings (SSSR count). The molecule has 7 nitrogen and oxygen atoms in total. The van der Waals surface area contributed by atoms with Gasteiger partial charge in [-0.05, 0) is 25.9 Å². The van der Waals surface area contributed by atoms with E-state index in [1.54, 1.807) is 0 Å². The molecule has 1 aromatic heterocycles. The van der Waals surface area contributed by atoms with E-state index in [1.165, 1.54) is 4.57 Å². The smallest absolute Gasteiger partial charge is 0.331 e. The molecule has 0 spiro atoms. The standard InChI is InChI=1S/C17H30N4O3/c1-5-9-11-21-16(23)14(15(22)19-17(21)24)13(6-2)18-10-12-20(7-3)8-4/h23H,5-12H2,1-4H3,(H,19,22,24). The summed E-state index contributed by atoms with van der Waals surface area (Å²) in [4.78, 5) is 33.1. The maximum atomic E-state index is 12.2. The van der Waals surface area contributed by atoms with Gasteiger partial charge >= 0.3 is 5.69 Å². The third-order valence-electron chi connectivity index (χ3n) is 4.14. The van der Waals surface area contributed by atoms with Gasteiger partial charge in [-0.25, -0.2) is 4.79 Å². The van der Waals surface area contributed by atoms with E-state index in [2.05, 4.69) is 28.7 Å². The third kappa shape index (κ3) is 5.06. The van der Waals surface area contributed by atoms with Crippen LogP contribution in [0.1, 0.15) is 52.5 Å². The monoisotopic (exact) mass is 338 g/mol. The van der Waals surface area contributed by atoms with Crippen LogP contribution in [0.15, 0.2) is 14.6 Å². The predicted molar refractivity (Wildman–Crippen MR) is 97.4 cm³/mol. The number of aliphatic imine (C=N–C) groups is 1. The highest BCUT2D eigenvalue weighted by atomic mass is 16.3. The Morgan fingerprint density at radius 1 is 1.21 bits per heavy atom. The van der Waals surface area contributed by atoms with Crippen LogP contribution >= 0.6 is 0 Å². The van der Waals surface area contributed by atoms with E-state index in [-0.39, 0.29) is 11.4 Å². The molecular weight excluding hydrogens is 308 g/mol. The summed E-state index contributed by atoms with van der Waals surface area (Å²) in [6.45, 7) is 11.7. The highest BCUT2D eigenvalue weighted by Crippen LogP contribution is 2.14. The lowest BCUT2D eigenvalue weighted by atomic mass is 10.1. The van der Waals surface area contributed by atoms with Crippen molar-refractivity contribution < 1.29 is 5.11 Å². The molecule has 0 fully saturated rings.